The number of esters is 1. The van der Waals surface area contributed by atoms with Gasteiger partial charge in [0.2, 0.25) is 0 Å². The lowest BCUT2D eigenvalue weighted by molar-refractivity contribution is -0.140. The van der Waals surface area contributed by atoms with Gasteiger partial charge in [0, 0.05) is 17.8 Å². The summed E-state index contributed by atoms with van der Waals surface area (Å²) < 4.78 is 4.50. The molecule has 0 aliphatic heterocycles. The van der Waals surface area contributed by atoms with Crippen LogP contribution in [0.3, 0.4) is 0 Å². The van der Waals surface area contributed by atoms with Gasteiger partial charge in [-0.2, -0.15) is 0 Å². The van der Waals surface area contributed by atoms with Crippen molar-refractivity contribution in [1.29, 1.82) is 0 Å². The Bertz CT molecular complexity index is 332. The molecule has 0 atom stereocenters. The lowest BCUT2D eigenvalue weighted by atomic mass is 10.2. The van der Waals surface area contributed by atoms with Gasteiger partial charge in [-0.05, 0) is 24.3 Å². The maximum atomic E-state index is 10.8. The van der Waals surface area contributed by atoms with E-state index >= 15 is 0 Å². The van der Waals surface area contributed by atoms with E-state index in [4.69, 9.17) is 0 Å². The van der Waals surface area contributed by atoms with E-state index in [-0.39, 0.29) is 5.97 Å². The molecule has 1 aromatic rings. The van der Waals surface area contributed by atoms with Gasteiger partial charge in [0.15, 0.2) is 0 Å². The van der Waals surface area contributed by atoms with Crippen molar-refractivity contribution in [1.82, 2.24) is 0 Å². The van der Waals surface area contributed by atoms with Crippen LogP contribution in [0, 0.1) is 0 Å². The second-order valence-corrected chi connectivity index (χ2v) is 2.99. The molecule has 0 amide bonds. The molecule has 0 saturated heterocycles. The molecule has 0 unspecified atom stereocenters. The summed E-state index contributed by atoms with van der Waals surface area (Å²) in [5, 5.41) is 3.04. The molecule has 0 aromatic heterocycles. The fourth-order valence-corrected chi connectivity index (χ4v) is 1.09. The summed E-state index contributed by atoms with van der Waals surface area (Å²) in [6, 6.07) is 7.02. The fourth-order valence-electron chi connectivity index (χ4n) is 1.09. The van der Waals surface area contributed by atoms with E-state index in [1.54, 1.807) is 24.3 Å². The van der Waals surface area contributed by atoms with Crippen molar-refractivity contribution < 1.29 is 14.3 Å². The third-order valence-electron chi connectivity index (χ3n) is 1.93. The minimum atomic E-state index is -0.244. The molecule has 0 spiro atoms. The number of hydrogen-bond donors (Lipinski definition) is 1. The lowest BCUT2D eigenvalue weighted by Crippen LogP contribution is -2.09. The van der Waals surface area contributed by atoms with Crippen molar-refractivity contribution in [2.24, 2.45) is 0 Å². The Morgan fingerprint density at radius 3 is 2.60 bits per heavy atom. The zero-order valence-corrected chi connectivity index (χ0v) is 8.53. The number of carbonyl (C=O) groups excluding carboxylic acids is 2. The molecule has 1 rings (SSSR count). The summed E-state index contributed by atoms with van der Waals surface area (Å²) in [7, 11) is 1.36. The smallest absolute Gasteiger partial charge is 0.307 e. The van der Waals surface area contributed by atoms with Crippen LogP contribution in [0.15, 0.2) is 24.3 Å². The topological polar surface area (TPSA) is 55.4 Å². The molecule has 80 valence electrons. The molecule has 15 heavy (non-hydrogen) atoms. The number of nitrogens with one attached hydrogen (secondary N) is 1. The number of methoxy groups -OCH3 is 1. The maximum Gasteiger partial charge on any atom is 0.307 e. The predicted molar refractivity (Wildman–Crippen MR) is 57.0 cm³/mol. The highest BCUT2D eigenvalue weighted by Gasteiger charge is 1.99. The Kier molecular flexibility index (Phi) is 4.34. The fraction of sp³-hybridized carbons (Fsp3) is 0.273. The summed E-state index contributed by atoms with van der Waals surface area (Å²) in [5.74, 6) is -0.244. The molecule has 1 aromatic carbocycles. The Labute approximate surface area is 88.2 Å². The number of rotatable bonds is 5. The van der Waals surface area contributed by atoms with Crippen LogP contribution < -0.4 is 5.32 Å². The number of benzene rings is 1. The number of anilines is 1. The van der Waals surface area contributed by atoms with Crippen LogP contribution in [-0.2, 0) is 9.53 Å². The Hall–Kier alpha value is -1.84. The van der Waals surface area contributed by atoms with Crippen molar-refractivity contribution in [3.63, 3.8) is 0 Å². The second-order valence-electron chi connectivity index (χ2n) is 2.99. The van der Waals surface area contributed by atoms with Gasteiger partial charge in [0.05, 0.1) is 13.5 Å². The van der Waals surface area contributed by atoms with Crippen LogP contribution >= 0.6 is 0 Å². The molecule has 1 N–H and O–H groups in total. The minimum Gasteiger partial charge on any atom is -0.469 e. The molecule has 0 aliphatic carbocycles. The van der Waals surface area contributed by atoms with E-state index in [1.165, 1.54) is 7.11 Å². The zero-order valence-electron chi connectivity index (χ0n) is 8.53. The quantitative estimate of drug-likeness (QED) is 0.587. The average Bonchev–Trinajstić information content (AvgIpc) is 2.29. The molecule has 4 nitrogen and oxygen atoms in total. The second kappa shape index (κ2) is 5.80. The van der Waals surface area contributed by atoms with Crippen LogP contribution in [0.2, 0.25) is 0 Å². The zero-order chi connectivity index (χ0) is 11.1. The average molecular weight is 207 g/mol. The molecule has 0 fully saturated rings. The molecule has 0 heterocycles. The largest absolute Gasteiger partial charge is 0.469 e. The minimum absolute atomic E-state index is 0.244. The predicted octanol–water partition coefficient (Wildman–Crippen LogP) is 1.47. The number of ether oxygens (including phenoxy) is 1. The van der Waals surface area contributed by atoms with Gasteiger partial charge in [-0.1, -0.05) is 0 Å². The van der Waals surface area contributed by atoms with Gasteiger partial charge in [0.25, 0.3) is 0 Å². The van der Waals surface area contributed by atoms with Crippen molar-refractivity contribution in [2.45, 2.75) is 6.42 Å². The highest BCUT2D eigenvalue weighted by Crippen LogP contribution is 2.07. The van der Waals surface area contributed by atoms with Gasteiger partial charge in [-0.25, -0.2) is 0 Å². The third-order valence-corrected chi connectivity index (χ3v) is 1.93. The van der Waals surface area contributed by atoms with Crippen LogP contribution in [0.25, 0.3) is 0 Å². The number of aldehydes is 1. The Balaban J connectivity index is 2.37. The van der Waals surface area contributed by atoms with E-state index in [0.717, 1.165) is 12.0 Å². The normalized spacial score (nSPS) is 9.40. The summed E-state index contributed by atoms with van der Waals surface area (Å²) >= 11 is 0. The number of hydrogen-bond acceptors (Lipinski definition) is 4. The van der Waals surface area contributed by atoms with Crippen LogP contribution in [-0.4, -0.2) is 25.9 Å². The monoisotopic (exact) mass is 207 g/mol. The first-order valence-electron chi connectivity index (χ1n) is 4.62. The first kappa shape index (κ1) is 11.2. The lowest BCUT2D eigenvalue weighted by Gasteiger charge is -2.05. The first-order valence-corrected chi connectivity index (χ1v) is 4.62. The highest BCUT2D eigenvalue weighted by atomic mass is 16.5. The molecule has 0 aliphatic rings. The third kappa shape index (κ3) is 3.81. The van der Waals surface area contributed by atoms with Crippen molar-refractivity contribution in [3.05, 3.63) is 29.8 Å². The summed E-state index contributed by atoms with van der Waals surface area (Å²) in [5.41, 5.74) is 1.51. The molecular weight excluding hydrogens is 194 g/mol. The summed E-state index contributed by atoms with van der Waals surface area (Å²) in [6.45, 7) is 0.521. The van der Waals surface area contributed by atoms with Crippen molar-refractivity contribution in [2.75, 3.05) is 19.0 Å². The molecule has 4 heteroatoms. The molecular formula is C11H13NO3. The van der Waals surface area contributed by atoms with Crippen molar-refractivity contribution >= 4 is 17.9 Å². The summed E-state index contributed by atoms with van der Waals surface area (Å²) in [4.78, 5) is 21.2. The van der Waals surface area contributed by atoms with Crippen LogP contribution in [0.4, 0.5) is 5.69 Å². The Morgan fingerprint density at radius 2 is 2.07 bits per heavy atom. The van der Waals surface area contributed by atoms with Gasteiger partial charge in [-0.3, -0.25) is 9.59 Å². The van der Waals surface area contributed by atoms with Gasteiger partial charge >= 0.3 is 5.97 Å². The van der Waals surface area contributed by atoms with E-state index in [1.807, 2.05) is 0 Å². The van der Waals surface area contributed by atoms with E-state index in [9.17, 15) is 9.59 Å². The van der Waals surface area contributed by atoms with Crippen LogP contribution in [0.1, 0.15) is 16.8 Å². The first-order chi connectivity index (χ1) is 7.26. The standard InChI is InChI=1S/C11H13NO3/c1-15-11(14)6-7-12-10-4-2-9(8-13)3-5-10/h2-5,8,12H,6-7H2,1H3. The van der Waals surface area contributed by atoms with Crippen LogP contribution in [0.5, 0.6) is 0 Å². The number of carbonyl (C=O) groups is 2. The van der Waals surface area contributed by atoms with Gasteiger partial charge in [0.1, 0.15) is 6.29 Å². The molecule has 0 bridgehead atoms. The van der Waals surface area contributed by atoms with Crippen molar-refractivity contribution in [3.8, 4) is 0 Å². The Morgan fingerprint density at radius 1 is 1.40 bits per heavy atom. The van der Waals surface area contributed by atoms with Gasteiger partial charge < -0.3 is 10.1 Å². The van der Waals surface area contributed by atoms with E-state index in [2.05, 4.69) is 10.1 Å². The van der Waals surface area contributed by atoms with E-state index in [0.29, 0.717) is 18.5 Å². The SMILES string of the molecule is COC(=O)CCNc1ccc(C=O)cc1. The van der Waals surface area contributed by atoms with Gasteiger partial charge in [-0.15, -0.1) is 0 Å². The molecule has 0 saturated carbocycles. The summed E-state index contributed by atoms with van der Waals surface area (Å²) in [6.07, 6.45) is 1.12. The molecule has 0 radical (unpaired) electrons. The maximum absolute atomic E-state index is 10.8. The highest BCUT2D eigenvalue weighted by molar-refractivity contribution is 5.75. The van der Waals surface area contributed by atoms with E-state index < -0.39 is 0 Å².